The second-order valence-corrected chi connectivity index (χ2v) is 8.33. The zero-order chi connectivity index (χ0) is 19.7. The number of aromatic nitrogens is 1. The van der Waals surface area contributed by atoms with E-state index in [0.29, 0.717) is 0 Å². The molecule has 3 aromatic rings. The first kappa shape index (κ1) is 18.2. The molecule has 28 heavy (non-hydrogen) atoms. The third-order valence-corrected chi connectivity index (χ3v) is 5.07. The lowest BCUT2D eigenvalue weighted by molar-refractivity contribution is -0.671. The van der Waals surface area contributed by atoms with E-state index in [1.807, 2.05) is 23.7 Å². The van der Waals surface area contributed by atoms with Crippen LogP contribution in [-0.2, 0) is 12.5 Å². The number of nitrogens with zero attached hydrogens (tertiary/aromatic N) is 1. The maximum atomic E-state index is 6.25. The number of rotatable bonds is 2. The number of fused-ring (bicyclic) bond motifs is 1. The summed E-state index contributed by atoms with van der Waals surface area (Å²) < 4.78 is 8.29. The molecule has 0 radical (unpaired) electrons. The van der Waals surface area contributed by atoms with Gasteiger partial charge >= 0.3 is 0 Å². The number of hydrogen-bond donors (Lipinski definition) is 0. The van der Waals surface area contributed by atoms with Crippen LogP contribution in [0, 0.1) is 0 Å². The SMILES string of the molecule is C[n+]1ccc(/C=C2\C=C(c3ccc(C(C)(C)C)cc3)Oc3ccccc32)cc1. The molecule has 1 aliphatic heterocycles. The molecule has 0 unspecified atom stereocenters. The van der Waals surface area contributed by atoms with Gasteiger partial charge in [-0.25, -0.2) is 4.57 Å². The molecule has 1 aliphatic rings. The van der Waals surface area contributed by atoms with Gasteiger partial charge in [-0.2, -0.15) is 0 Å². The largest absolute Gasteiger partial charge is 0.456 e. The standard InChI is InChI=1S/C26H26NO/c1-26(2,3)22-11-9-20(10-12-22)25-18-21(17-19-13-15-27(4)16-14-19)23-7-5-6-8-24(23)28-25/h5-18H,1-4H3/q+1/b21-17+. The molecule has 0 fully saturated rings. The highest BCUT2D eigenvalue weighted by Crippen LogP contribution is 2.38. The summed E-state index contributed by atoms with van der Waals surface area (Å²) in [5.41, 5.74) is 6.00. The number of allylic oxidation sites excluding steroid dienone is 2. The lowest BCUT2D eigenvalue weighted by Crippen LogP contribution is -2.25. The molecule has 0 saturated carbocycles. The van der Waals surface area contributed by atoms with Gasteiger partial charge in [0.2, 0.25) is 0 Å². The molecule has 140 valence electrons. The summed E-state index contributed by atoms with van der Waals surface area (Å²) in [4.78, 5) is 0. The Bertz CT molecular complexity index is 1050. The summed E-state index contributed by atoms with van der Waals surface area (Å²) in [5, 5.41) is 0. The average Bonchev–Trinajstić information content (AvgIpc) is 2.69. The van der Waals surface area contributed by atoms with Crippen LogP contribution in [0.25, 0.3) is 17.4 Å². The predicted molar refractivity (Wildman–Crippen MR) is 116 cm³/mol. The Morgan fingerprint density at radius 2 is 1.54 bits per heavy atom. The fraction of sp³-hybridized carbons (Fsp3) is 0.192. The summed E-state index contributed by atoms with van der Waals surface area (Å²) in [5.74, 6) is 1.78. The van der Waals surface area contributed by atoms with Crippen molar-refractivity contribution in [2.24, 2.45) is 7.05 Å². The van der Waals surface area contributed by atoms with E-state index in [0.717, 1.165) is 28.2 Å². The van der Waals surface area contributed by atoms with Crippen LogP contribution in [0.3, 0.4) is 0 Å². The molecule has 0 amide bonds. The lowest BCUT2D eigenvalue weighted by Gasteiger charge is -2.22. The van der Waals surface area contributed by atoms with Crippen LogP contribution in [-0.4, -0.2) is 0 Å². The first-order valence-corrected chi connectivity index (χ1v) is 9.67. The van der Waals surface area contributed by atoms with E-state index < -0.39 is 0 Å². The fourth-order valence-electron chi connectivity index (χ4n) is 3.35. The summed E-state index contributed by atoms with van der Waals surface area (Å²) in [6, 6.07) is 21.2. The van der Waals surface area contributed by atoms with Gasteiger partial charge in [0.05, 0.1) is 0 Å². The summed E-state index contributed by atoms with van der Waals surface area (Å²) in [6.07, 6.45) is 8.48. The van der Waals surface area contributed by atoms with E-state index >= 15 is 0 Å². The quantitative estimate of drug-likeness (QED) is 0.522. The summed E-state index contributed by atoms with van der Waals surface area (Å²) in [6.45, 7) is 6.69. The molecule has 0 spiro atoms. The van der Waals surface area contributed by atoms with Gasteiger partial charge in [-0.15, -0.1) is 0 Å². The number of ether oxygens (including phenoxy) is 1. The molecular formula is C26H26NO+. The Hall–Kier alpha value is -3.13. The van der Waals surface area contributed by atoms with E-state index in [-0.39, 0.29) is 5.41 Å². The Balaban J connectivity index is 1.76. The average molecular weight is 369 g/mol. The van der Waals surface area contributed by atoms with Gasteiger partial charge in [0, 0.05) is 23.3 Å². The Morgan fingerprint density at radius 1 is 0.857 bits per heavy atom. The van der Waals surface area contributed by atoms with Gasteiger partial charge in [-0.05, 0) is 40.3 Å². The summed E-state index contributed by atoms with van der Waals surface area (Å²) >= 11 is 0. The minimum absolute atomic E-state index is 0.140. The molecular weight excluding hydrogens is 342 g/mol. The highest BCUT2D eigenvalue weighted by atomic mass is 16.5. The van der Waals surface area contributed by atoms with Crippen LogP contribution in [0.4, 0.5) is 0 Å². The third-order valence-electron chi connectivity index (χ3n) is 5.07. The molecule has 2 nitrogen and oxygen atoms in total. The van der Waals surface area contributed by atoms with Gasteiger partial charge in [-0.1, -0.05) is 63.2 Å². The van der Waals surface area contributed by atoms with Crippen LogP contribution in [0.5, 0.6) is 5.75 Å². The van der Waals surface area contributed by atoms with Crippen molar-refractivity contribution in [1.82, 2.24) is 0 Å². The van der Waals surface area contributed by atoms with Crippen molar-refractivity contribution in [2.75, 3.05) is 0 Å². The smallest absolute Gasteiger partial charge is 0.169 e. The zero-order valence-electron chi connectivity index (χ0n) is 16.9. The minimum atomic E-state index is 0.140. The van der Waals surface area contributed by atoms with Crippen molar-refractivity contribution in [3.8, 4) is 5.75 Å². The van der Waals surface area contributed by atoms with Crippen LogP contribution in [0.1, 0.15) is 43.0 Å². The van der Waals surface area contributed by atoms with E-state index in [1.54, 1.807) is 0 Å². The maximum absolute atomic E-state index is 6.25. The fourth-order valence-corrected chi connectivity index (χ4v) is 3.35. The molecule has 2 heterocycles. The van der Waals surface area contributed by atoms with Crippen LogP contribution >= 0.6 is 0 Å². The second-order valence-electron chi connectivity index (χ2n) is 8.33. The normalized spacial score (nSPS) is 15.0. The molecule has 1 aromatic heterocycles. The molecule has 2 heteroatoms. The number of benzene rings is 2. The molecule has 0 aliphatic carbocycles. The highest BCUT2D eigenvalue weighted by molar-refractivity contribution is 5.95. The summed E-state index contributed by atoms with van der Waals surface area (Å²) in [7, 11) is 2.03. The van der Waals surface area contributed by atoms with E-state index in [1.165, 1.54) is 11.1 Å². The molecule has 0 atom stereocenters. The molecule has 0 N–H and O–H groups in total. The molecule has 0 bridgehead atoms. The van der Waals surface area contributed by atoms with Crippen LogP contribution < -0.4 is 9.30 Å². The monoisotopic (exact) mass is 368 g/mol. The maximum Gasteiger partial charge on any atom is 0.169 e. The van der Waals surface area contributed by atoms with Gasteiger partial charge in [0.15, 0.2) is 12.4 Å². The Morgan fingerprint density at radius 3 is 2.21 bits per heavy atom. The zero-order valence-corrected chi connectivity index (χ0v) is 16.9. The first-order valence-electron chi connectivity index (χ1n) is 9.67. The number of aryl methyl sites for hydroxylation is 1. The Kier molecular flexibility index (Phi) is 4.64. The van der Waals surface area contributed by atoms with Crippen molar-refractivity contribution in [2.45, 2.75) is 26.2 Å². The van der Waals surface area contributed by atoms with Gasteiger partial charge < -0.3 is 4.74 Å². The molecule has 2 aromatic carbocycles. The van der Waals surface area contributed by atoms with Crippen molar-refractivity contribution < 1.29 is 9.30 Å². The van der Waals surface area contributed by atoms with Crippen molar-refractivity contribution >= 4 is 17.4 Å². The third kappa shape index (κ3) is 3.77. The van der Waals surface area contributed by atoms with Crippen molar-refractivity contribution in [3.63, 3.8) is 0 Å². The predicted octanol–water partition coefficient (Wildman–Crippen LogP) is 5.78. The molecule has 0 saturated heterocycles. The van der Waals surface area contributed by atoms with E-state index in [9.17, 15) is 0 Å². The number of para-hydroxylation sites is 1. The lowest BCUT2D eigenvalue weighted by atomic mass is 9.86. The Labute approximate surface area is 167 Å². The van der Waals surface area contributed by atoms with Crippen LogP contribution in [0.15, 0.2) is 79.1 Å². The minimum Gasteiger partial charge on any atom is -0.456 e. The highest BCUT2D eigenvalue weighted by Gasteiger charge is 2.19. The number of hydrogen-bond acceptors (Lipinski definition) is 1. The van der Waals surface area contributed by atoms with Gasteiger partial charge in [0.1, 0.15) is 18.6 Å². The van der Waals surface area contributed by atoms with Gasteiger partial charge in [0.25, 0.3) is 0 Å². The van der Waals surface area contributed by atoms with Crippen molar-refractivity contribution in [1.29, 1.82) is 0 Å². The van der Waals surface area contributed by atoms with Crippen molar-refractivity contribution in [3.05, 3.63) is 101 Å². The second kappa shape index (κ2) is 7.12. The first-order chi connectivity index (χ1) is 13.4. The molecule has 4 rings (SSSR count). The van der Waals surface area contributed by atoms with E-state index in [2.05, 4.69) is 93.8 Å². The van der Waals surface area contributed by atoms with E-state index in [4.69, 9.17) is 4.74 Å². The van der Waals surface area contributed by atoms with Gasteiger partial charge in [-0.3, -0.25) is 0 Å². The topological polar surface area (TPSA) is 13.1 Å². The number of pyridine rings is 1. The van der Waals surface area contributed by atoms with Crippen LogP contribution in [0.2, 0.25) is 0 Å².